The first kappa shape index (κ1) is 16.9. The standard InChI is InChI=1S/C18H18ClN5O2/c19-13-4-1-2-5-14(13)24-16(25)12-15(17(24)26)22-8-10-23(11-9-22)18-20-6-3-7-21-18/h1-7,15H,8-12H2/t15-/m1/s1. The fraction of sp³-hybridized carbons (Fsp3) is 0.333. The quantitative estimate of drug-likeness (QED) is 0.763. The number of amides is 2. The van der Waals surface area contributed by atoms with Crippen LogP contribution in [0.3, 0.4) is 0 Å². The summed E-state index contributed by atoms with van der Waals surface area (Å²) < 4.78 is 0. The molecule has 8 heteroatoms. The highest BCUT2D eigenvalue weighted by molar-refractivity contribution is 6.36. The molecule has 0 unspecified atom stereocenters. The Hall–Kier alpha value is -2.51. The second-order valence-corrected chi connectivity index (χ2v) is 6.72. The zero-order chi connectivity index (χ0) is 18.1. The molecule has 7 nitrogen and oxygen atoms in total. The van der Waals surface area contributed by atoms with Crippen LogP contribution in [0.15, 0.2) is 42.7 Å². The lowest BCUT2D eigenvalue weighted by Crippen LogP contribution is -2.53. The minimum Gasteiger partial charge on any atom is -0.338 e. The minimum atomic E-state index is -0.433. The molecule has 3 heterocycles. The van der Waals surface area contributed by atoms with E-state index in [1.807, 2.05) is 0 Å². The maximum atomic E-state index is 12.9. The van der Waals surface area contributed by atoms with Crippen LogP contribution in [0.2, 0.25) is 5.02 Å². The van der Waals surface area contributed by atoms with Gasteiger partial charge in [0.15, 0.2) is 0 Å². The van der Waals surface area contributed by atoms with Crippen molar-refractivity contribution in [3.8, 4) is 0 Å². The summed E-state index contributed by atoms with van der Waals surface area (Å²) in [5.74, 6) is 0.285. The van der Waals surface area contributed by atoms with E-state index in [2.05, 4.69) is 19.8 Å². The van der Waals surface area contributed by atoms with E-state index in [4.69, 9.17) is 11.6 Å². The Balaban J connectivity index is 1.46. The van der Waals surface area contributed by atoms with Crippen LogP contribution in [0.5, 0.6) is 0 Å². The molecule has 2 fully saturated rings. The molecule has 2 aromatic rings. The van der Waals surface area contributed by atoms with Crippen molar-refractivity contribution in [3.63, 3.8) is 0 Å². The van der Waals surface area contributed by atoms with Gasteiger partial charge < -0.3 is 4.90 Å². The van der Waals surface area contributed by atoms with Gasteiger partial charge in [0.2, 0.25) is 11.9 Å². The van der Waals surface area contributed by atoms with Crippen LogP contribution in [0.4, 0.5) is 11.6 Å². The SMILES string of the molecule is O=C1C[C@@H](N2CCN(c3ncccn3)CC2)C(=O)N1c1ccccc1Cl. The topological polar surface area (TPSA) is 69.6 Å². The number of para-hydroxylation sites is 1. The number of rotatable bonds is 3. The Labute approximate surface area is 156 Å². The number of piperazine rings is 1. The molecule has 2 amide bonds. The molecule has 0 bridgehead atoms. The summed E-state index contributed by atoms with van der Waals surface area (Å²) in [6.45, 7) is 2.79. The van der Waals surface area contributed by atoms with Gasteiger partial charge >= 0.3 is 0 Å². The van der Waals surface area contributed by atoms with Crippen molar-refractivity contribution in [1.82, 2.24) is 14.9 Å². The molecule has 1 atom stereocenters. The summed E-state index contributed by atoms with van der Waals surface area (Å²) in [4.78, 5) is 39.3. The number of carbonyl (C=O) groups excluding carboxylic acids is 2. The highest BCUT2D eigenvalue weighted by Gasteiger charge is 2.44. The average Bonchev–Trinajstić information content (AvgIpc) is 2.97. The zero-order valence-corrected chi connectivity index (χ0v) is 14.8. The van der Waals surface area contributed by atoms with E-state index in [0.29, 0.717) is 42.8 Å². The van der Waals surface area contributed by atoms with E-state index in [1.165, 1.54) is 4.90 Å². The van der Waals surface area contributed by atoms with E-state index in [1.54, 1.807) is 42.7 Å². The fourth-order valence-electron chi connectivity index (χ4n) is 3.48. The zero-order valence-electron chi connectivity index (χ0n) is 14.1. The number of carbonyl (C=O) groups is 2. The Bertz CT molecular complexity index is 823. The highest BCUT2D eigenvalue weighted by Crippen LogP contribution is 2.31. The first-order valence-electron chi connectivity index (χ1n) is 8.52. The van der Waals surface area contributed by atoms with Crippen molar-refractivity contribution >= 4 is 35.1 Å². The third kappa shape index (κ3) is 3.04. The van der Waals surface area contributed by atoms with Crippen LogP contribution >= 0.6 is 11.6 Å². The Morgan fingerprint density at radius 3 is 2.35 bits per heavy atom. The monoisotopic (exact) mass is 371 g/mol. The van der Waals surface area contributed by atoms with Gasteiger partial charge in [0, 0.05) is 38.6 Å². The van der Waals surface area contributed by atoms with Gasteiger partial charge in [-0.25, -0.2) is 14.9 Å². The van der Waals surface area contributed by atoms with E-state index in [-0.39, 0.29) is 18.2 Å². The maximum absolute atomic E-state index is 12.9. The molecule has 0 aliphatic carbocycles. The third-order valence-corrected chi connectivity index (χ3v) is 5.13. The molecule has 134 valence electrons. The summed E-state index contributed by atoms with van der Waals surface area (Å²) in [5.41, 5.74) is 0.461. The predicted octanol–water partition coefficient (Wildman–Crippen LogP) is 1.58. The number of hydrogen-bond acceptors (Lipinski definition) is 6. The van der Waals surface area contributed by atoms with Crippen molar-refractivity contribution < 1.29 is 9.59 Å². The summed E-state index contributed by atoms with van der Waals surface area (Å²) in [7, 11) is 0. The lowest BCUT2D eigenvalue weighted by molar-refractivity contribution is -0.123. The van der Waals surface area contributed by atoms with Crippen molar-refractivity contribution in [2.45, 2.75) is 12.5 Å². The highest BCUT2D eigenvalue weighted by atomic mass is 35.5. The van der Waals surface area contributed by atoms with Gasteiger partial charge in [-0.2, -0.15) is 0 Å². The molecule has 2 aliphatic rings. The molecule has 0 N–H and O–H groups in total. The van der Waals surface area contributed by atoms with Crippen molar-refractivity contribution in [2.24, 2.45) is 0 Å². The lowest BCUT2D eigenvalue weighted by atomic mass is 10.2. The second kappa shape index (κ2) is 7.01. The number of nitrogens with zero attached hydrogens (tertiary/aromatic N) is 5. The summed E-state index contributed by atoms with van der Waals surface area (Å²) in [6.07, 6.45) is 3.62. The summed E-state index contributed by atoms with van der Waals surface area (Å²) in [5, 5.41) is 0.404. The molecular weight excluding hydrogens is 354 g/mol. The minimum absolute atomic E-state index is 0.186. The van der Waals surface area contributed by atoms with Gasteiger partial charge in [-0.3, -0.25) is 14.5 Å². The largest absolute Gasteiger partial charge is 0.338 e. The molecule has 26 heavy (non-hydrogen) atoms. The molecule has 2 saturated heterocycles. The molecule has 0 radical (unpaired) electrons. The van der Waals surface area contributed by atoms with Crippen LogP contribution in [-0.2, 0) is 9.59 Å². The van der Waals surface area contributed by atoms with Gasteiger partial charge in [0.25, 0.3) is 5.91 Å². The van der Waals surface area contributed by atoms with E-state index >= 15 is 0 Å². The maximum Gasteiger partial charge on any atom is 0.251 e. The number of halogens is 1. The number of aromatic nitrogens is 2. The summed E-state index contributed by atoms with van der Waals surface area (Å²) >= 11 is 6.18. The second-order valence-electron chi connectivity index (χ2n) is 6.31. The molecule has 2 aliphatic heterocycles. The normalized spacial score (nSPS) is 21.5. The van der Waals surface area contributed by atoms with Gasteiger partial charge in [-0.05, 0) is 18.2 Å². The third-order valence-electron chi connectivity index (χ3n) is 4.81. The van der Waals surface area contributed by atoms with E-state index in [9.17, 15) is 9.59 Å². The first-order valence-corrected chi connectivity index (χ1v) is 8.90. The van der Waals surface area contributed by atoms with Crippen LogP contribution in [0.25, 0.3) is 0 Å². The molecule has 1 aromatic heterocycles. The van der Waals surface area contributed by atoms with E-state index < -0.39 is 6.04 Å². The van der Waals surface area contributed by atoms with Crippen LogP contribution in [-0.4, -0.2) is 58.9 Å². The van der Waals surface area contributed by atoms with Crippen molar-refractivity contribution in [2.75, 3.05) is 36.0 Å². The number of imide groups is 1. The Kier molecular flexibility index (Phi) is 4.57. The van der Waals surface area contributed by atoms with Crippen LogP contribution in [0, 0.1) is 0 Å². The van der Waals surface area contributed by atoms with Gasteiger partial charge in [0.1, 0.15) is 0 Å². The van der Waals surface area contributed by atoms with Crippen LogP contribution in [0.1, 0.15) is 6.42 Å². The Morgan fingerprint density at radius 2 is 1.65 bits per heavy atom. The lowest BCUT2D eigenvalue weighted by Gasteiger charge is -2.36. The van der Waals surface area contributed by atoms with Crippen molar-refractivity contribution in [1.29, 1.82) is 0 Å². The fourth-order valence-corrected chi connectivity index (χ4v) is 3.70. The summed E-state index contributed by atoms with van der Waals surface area (Å²) in [6, 6.07) is 8.28. The van der Waals surface area contributed by atoms with Gasteiger partial charge in [-0.1, -0.05) is 23.7 Å². The van der Waals surface area contributed by atoms with E-state index in [0.717, 1.165) is 0 Å². The smallest absolute Gasteiger partial charge is 0.251 e. The molecule has 4 rings (SSSR count). The molecular formula is C18H18ClN5O2. The Morgan fingerprint density at radius 1 is 0.962 bits per heavy atom. The number of hydrogen-bond donors (Lipinski definition) is 0. The molecule has 0 saturated carbocycles. The average molecular weight is 372 g/mol. The van der Waals surface area contributed by atoms with Crippen molar-refractivity contribution in [3.05, 3.63) is 47.7 Å². The number of anilines is 2. The van der Waals surface area contributed by atoms with Gasteiger partial charge in [0.05, 0.1) is 23.2 Å². The van der Waals surface area contributed by atoms with Crippen LogP contribution < -0.4 is 9.80 Å². The molecule has 0 spiro atoms. The first-order chi connectivity index (χ1) is 12.6. The molecule has 1 aromatic carbocycles. The number of benzene rings is 1. The van der Waals surface area contributed by atoms with Gasteiger partial charge in [-0.15, -0.1) is 0 Å². The predicted molar refractivity (Wildman–Crippen MR) is 98.2 cm³/mol.